The average molecular weight is 750 g/mol. The molecule has 0 fully saturated rings. The highest BCUT2D eigenvalue weighted by molar-refractivity contribution is 6.37. The molecule has 2 aromatic heterocycles. The third-order valence-corrected chi connectivity index (χ3v) is 12.2. The van der Waals surface area contributed by atoms with Crippen molar-refractivity contribution in [2.45, 2.75) is 0 Å². The summed E-state index contributed by atoms with van der Waals surface area (Å²) in [6.45, 7) is 0. The zero-order valence-corrected chi connectivity index (χ0v) is 31.6. The van der Waals surface area contributed by atoms with Gasteiger partial charge in [0, 0.05) is 27.5 Å². The van der Waals surface area contributed by atoms with E-state index in [-0.39, 0.29) is 0 Å². The standard InChI is InChI=1S/C55H31N3O/c1-2-10-32(11-3-1)36-15-6-16-38(28-36)53-56-54(39-26-27-42-41-17-4-5-21-47(41)59-48(42)31-39)58-55(57-53)40-29-37-25-24-35-13-8-19-44-43-18-7-12-33-22-23-34-14-9-20-45(51(34)49(33)43)46(30-40)52(37)50(35)44/h1-31H. The first-order chi connectivity index (χ1) is 29.2. The van der Waals surface area contributed by atoms with E-state index in [4.69, 9.17) is 19.4 Å². The van der Waals surface area contributed by atoms with Crippen LogP contribution >= 0.6 is 0 Å². The number of fused-ring (bicyclic) bond motifs is 5. The molecule has 0 saturated heterocycles. The van der Waals surface area contributed by atoms with Gasteiger partial charge < -0.3 is 4.42 Å². The molecule has 0 spiro atoms. The minimum Gasteiger partial charge on any atom is -0.456 e. The third-order valence-electron chi connectivity index (χ3n) is 12.2. The molecule has 0 N–H and O–H groups in total. The number of rotatable bonds is 4. The number of hydrogen-bond acceptors (Lipinski definition) is 4. The minimum absolute atomic E-state index is 0.585. The normalized spacial score (nSPS) is 12.1. The van der Waals surface area contributed by atoms with Crippen LogP contribution in [0.3, 0.4) is 0 Å². The molecule has 11 aromatic carbocycles. The maximum absolute atomic E-state index is 6.36. The first kappa shape index (κ1) is 32.2. The third kappa shape index (κ3) is 4.87. The topological polar surface area (TPSA) is 51.8 Å². The molecule has 0 saturated carbocycles. The number of furan rings is 1. The molecule has 0 bridgehead atoms. The summed E-state index contributed by atoms with van der Waals surface area (Å²) in [4.78, 5) is 15.8. The van der Waals surface area contributed by atoms with E-state index in [2.05, 4.69) is 164 Å². The summed E-state index contributed by atoms with van der Waals surface area (Å²) in [7, 11) is 0. The summed E-state index contributed by atoms with van der Waals surface area (Å²) >= 11 is 0. The van der Waals surface area contributed by atoms with Crippen molar-refractivity contribution in [3.63, 3.8) is 0 Å². The fraction of sp³-hybridized carbons (Fsp3) is 0. The molecule has 0 aliphatic rings. The highest BCUT2D eigenvalue weighted by atomic mass is 16.3. The largest absolute Gasteiger partial charge is 0.456 e. The molecular formula is C55H31N3O. The quantitative estimate of drug-likeness (QED) is 0.168. The Morgan fingerprint density at radius 2 is 0.746 bits per heavy atom. The Bertz CT molecular complexity index is 3840. The van der Waals surface area contributed by atoms with E-state index in [1.54, 1.807) is 0 Å². The number of nitrogens with zero attached hydrogens (tertiary/aromatic N) is 3. The van der Waals surface area contributed by atoms with Crippen molar-refractivity contribution in [2.24, 2.45) is 0 Å². The predicted octanol–water partition coefficient (Wildman–Crippen LogP) is 14.8. The molecule has 0 atom stereocenters. The van der Waals surface area contributed by atoms with Gasteiger partial charge in [-0.3, -0.25) is 0 Å². The van der Waals surface area contributed by atoms with Crippen molar-refractivity contribution >= 4 is 86.6 Å². The van der Waals surface area contributed by atoms with Crippen LogP contribution in [0.4, 0.5) is 0 Å². The van der Waals surface area contributed by atoms with Gasteiger partial charge in [-0.15, -0.1) is 0 Å². The van der Waals surface area contributed by atoms with Crippen molar-refractivity contribution in [1.82, 2.24) is 15.0 Å². The Kier molecular flexibility index (Phi) is 6.69. The summed E-state index contributed by atoms with van der Waals surface area (Å²) in [6.07, 6.45) is 0. The predicted molar refractivity (Wildman–Crippen MR) is 245 cm³/mol. The Balaban J connectivity index is 1.12. The molecule has 13 aromatic rings. The second kappa shape index (κ2) is 12.3. The second-order valence-electron chi connectivity index (χ2n) is 15.5. The van der Waals surface area contributed by atoms with Crippen LogP contribution in [0.1, 0.15) is 0 Å². The van der Waals surface area contributed by atoms with E-state index in [0.717, 1.165) is 55.1 Å². The van der Waals surface area contributed by atoms with E-state index in [9.17, 15) is 0 Å². The summed E-state index contributed by atoms with van der Waals surface area (Å²) in [5.74, 6) is 1.80. The molecule has 59 heavy (non-hydrogen) atoms. The van der Waals surface area contributed by atoms with Crippen LogP contribution in [0.15, 0.2) is 192 Å². The van der Waals surface area contributed by atoms with Gasteiger partial charge in [-0.1, -0.05) is 152 Å². The lowest BCUT2D eigenvalue weighted by molar-refractivity contribution is 0.669. The Morgan fingerprint density at radius 3 is 1.44 bits per heavy atom. The summed E-state index contributed by atoms with van der Waals surface area (Å²) < 4.78 is 6.36. The first-order valence-electron chi connectivity index (χ1n) is 20.0. The van der Waals surface area contributed by atoms with Crippen molar-refractivity contribution < 1.29 is 4.42 Å². The highest BCUT2D eigenvalue weighted by Crippen LogP contribution is 2.44. The van der Waals surface area contributed by atoms with E-state index >= 15 is 0 Å². The lowest BCUT2D eigenvalue weighted by Gasteiger charge is -2.17. The number of hydrogen-bond donors (Lipinski definition) is 0. The van der Waals surface area contributed by atoms with Gasteiger partial charge in [-0.05, 0) is 112 Å². The molecule has 4 heteroatoms. The van der Waals surface area contributed by atoms with E-state index in [1.165, 1.54) is 59.2 Å². The lowest BCUT2D eigenvalue weighted by atomic mass is 9.87. The number of para-hydroxylation sites is 1. The lowest BCUT2D eigenvalue weighted by Crippen LogP contribution is -2.00. The molecule has 4 nitrogen and oxygen atoms in total. The first-order valence-corrected chi connectivity index (χ1v) is 20.0. The molecule has 272 valence electrons. The van der Waals surface area contributed by atoms with Crippen LogP contribution in [-0.2, 0) is 0 Å². The van der Waals surface area contributed by atoms with Crippen molar-refractivity contribution in [2.75, 3.05) is 0 Å². The highest BCUT2D eigenvalue weighted by Gasteiger charge is 2.19. The Hall–Kier alpha value is -7.95. The zero-order valence-electron chi connectivity index (χ0n) is 31.6. The SMILES string of the molecule is c1ccc(-c2cccc(-c3nc(-c4ccc5c(c4)oc4ccccc45)nc(-c4cc5ccc6cccc7c8cccc9ccc%10cccc(c(c4)c5c67)c%10c98)n3)c2)cc1. The monoisotopic (exact) mass is 749 g/mol. The number of aromatic nitrogens is 3. The molecule has 0 unspecified atom stereocenters. The second-order valence-corrected chi connectivity index (χ2v) is 15.5. The van der Waals surface area contributed by atoms with Crippen molar-refractivity contribution in [3.8, 4) is 45.3 Å². The van der Waals surface area contributed by atoms with Gasteiger partial charge in [-0.2, -0.15) is 0 Å². The maximum atomic E-state index is 6.36. The van der Waals surface area contributed by atoms with Gasteiger partial charge >= 0.3 is 0 Å². The fourth-order valence-corrected chi connectivity index (χ4v) is 9.51. The maximum Gasteiger partial charge on any atom is 0.164 e. The summed E-state index contributed by atoms with van der Waals surface area (Å²) in [6, 6.07) is 67.0. The molecule has 0 radical (unpaired) electrons. The molecule has 0 aliphatic heterocycles. The van der Waals surface area contributed by atoms with E-state index in [0.29, 0.717) is 17.5 Å². The Labute approximate surface area is 338 Å². The van der Waals surface area contributed by atoms with Crippen LogP contribution in [0.5, 0.6) is 0 Å². The van der Waals surface area contributed by atoms with Gasteiger partial charge in [0.05, 0.1) is 0 Å². The average Bonchev–Trinajstić information content (AvgIpc) is 3.68. The number of benzene rings is 10. The van der Waals surface area contributed by atoms with Gasteiger partial charge in [0.2, 0.25) is 0 Å². The summed E-state index contributed by atoms with van der Waals surface area (Å²) in [5.41, 5.74) is 6.60. The Morgan fingerprint density at radius 1 is 0.254 bits per heavy atom. The van der Waals surface area contributed by atoms with E-state index in [1.807, 2.05) is 24.3 Å². The smallest absolute Gasteiger partial charge is 0.164 e. The molecule has 0 amide bonds. The van der Waals surface area contributed by atoms with Gasteiger partial charge in [0.15, 0.2) is 17.5 Å². The zero-order chi connectivity index (χ0) is 38.6. The summed E-state index contributed by atoms with van der Waals surface area (Å²) in [5, 5.41) is 16.9. The van der Waals surface area contributed by atoms with Gasteiger partial charge in [-0.25, -0.2) is 15.0 Å². The van der Waals surface area contributed by atoms with Crippen LogP contribution in [0.2, 0.25) is 0 Å². The minimum atomic E-state index is 0.585. The van der Waals surface area contributed by atoms with Crippen LogP contribution in [-0.4, -0.2) is 15.0 Å². The van der Waals surface area contributed by atoms with Gasteiger partial charge in [0.25, 0.3) is 0 Å². The molecule has 0 aliphatic carbocycles. The molecule has 13 rings (SSSR count). The van der Waals surface area contributed by atoms with Crippen LogP contribution in [0, 0.1) is 0 Å². The van der Waals surface area contributed by atoms with Crippen molar-refractivity contribution in [3.05, 3.63) is 188 Å². The fourth-order valence-electron chi connectivity index (χ4n) is 9.51. The van der Waals surface area contributed by atoms with E-state index < -0.39 is 0 Å². The molecule has 2 heterocycles. The van der Waals surface area contributed by atoms with Gasteiger partial charge in [0.1, 0.15) is 11.2 Å². The van der Waals surface area contributed by atoms with Crippen LogP contribution < -0.4 is 0 Å². The van der Waals surface area contributed by atoms with Crippen LogP contribution in [0.25, 0.3) is 132 Å². The molecular weight excluding hydrogens is 719 g/mol. The van der Waals surface area contributed by atoms with Crippen molar-refractivity contribution in [1.29, 1.82) is 0 Å².